The zero-order valence-electron chi connectivity index (χ0n) is 8.96. The van der Waals surface area contributed by atoms with Gasteiger partial charge in [0, 0.05) is 19.0 Å². The maximum Gasteiger partial charge on any atom is 0.289 e. The fourth-order valence-corrected chi connectivity index (χ4v) is 2.36. The van der Waals surface area contributed by atoms with Crippen LogP contribution in [0.3, 0.4) is 0 Å². The van der Waals surface area contributed by atoms with Crippen LogP contribution in [0, 0.1) is 21.4 Å². The Morgan fingerprint density at radius 1 is 1.50 bits per heavy atom. The fourth-order valence-electron chi connectivity index (χ4n) is 1.12. The van der Waals surface area contributed by atoms with Crippen molar-refractivity contribution >= 4 is 27.3 Å². The smallest absolute Gasteiger partial charge is 0.258 e. The summed E-state index contributed by atoms with van der Waals surface area (Å²) in [4.78, 5) is 9.59. The van der Waals surface area contributed by atoms with Gasteiger partial charge in [-0.05, 0) is 12.1 Å². The summed E-state index contributed by atoms with van der Waals surface area (Å²) in [7, 11) is -3.87. The molecule has 0 aliphatic heterocycles. The molecule has 0 unspecified atom stereocenters. The van der Waals surface area contributed by atoms with Crippen LogP contribution in [0.2, 0.25) is 5.02 Å². The van der Waals surface area contributed by atoms with Gasteiger partial charge in [-0.3, -0.25) is 10.1 Å². The molecular weight excluding hydrogens is 282 g/mol. The number of nitro groups is 1. The Morgan fingerprint density at radius 2 is 2.17 bits per heavy atom. The number of sulfonamides is 1. The molecule has 0 aliphatic rings. The second-order valence-electron chi connectivity index (χ2n) is 3.18. The van der Waals surface area contributed by atoms with Gasteiger partial charge in [0.15, 0.2) is 0 Å². The Bertz CT molecular complexity index is 609. The van der Waals surface area contributed by atoms with E-state index in [1.165, 1.54) is 0 Å². The molecule has 0 fully saturated rings. The molecule has 0 bridgehead atoms. The van der Waals surface area contributed by atoms with Crippen LogP contribution in [0.25, 0.3) is 0 Å². The Labute approximate surface area is 108 Å². The van der Waals surface area contributed by atoms with Crippen molar-refractivity contribution < 1.29 is 13.3 Å². The molecule has 0 aliphatic carbocycles. The molecule has 0 amide bonds. The number of nitro benzene ring substituents is 1. The molecule has 1 N–H and O–H groups in total. The van der Waals surface area contributed by atoms with Crippen LogP contribution in [0.15, 0.2) is 23.1 Å². The van der Waals surface area contributed by atoms with Gasteiger partial charge in [-0.25, -0.2) is 13.1 Å². The van der Waals surface area contributed by atoms with Gasteiger partial charge in [0.2, 0.25) is 10.0 Å². The molecule has 1 aromatic carbocycles. The predicted molar refractivity (Wildman–Crippen MR) is 63.5 cm³/mol. The summed E-state index contributed by atoms with van der Waals surface area (Å²) in [6.07, 6.45) is 0.00884. The Kier molecular flexibility index (Phi) is 4.61. The first-order valence-corrected chi connectivity index (χ1v) is 6.55. The number of halogens is 1. The minimum absolute atomic E-state index is 0.00884. The third-order valence-electron chi connectivity index (χ3n) is 1.95. The van der Waals surface area contributed by atoms with E-state index in [-0.39, 0.29) is 22.9 Å². The topological polar surface area (TPSA) is 113 Å². The van der Waals surface area contributed by atoms with E-state index in [0.29, 0.717) is 0 Å². The molecule has 96 valence electrons. The summed E-state index contributed by atoms with van der Waals surface area (Å²) >= 11 is 5.57. The van der Waals surface area contributed by atoms with Crippen LogP contribution in [0.4, 0.5) is 5.69 Å². The molecule has 0 saturated carbocycles. The van der Waals surface area contributed by atoms with Crippen molar-refractivity contribution in [2.75, 3.05) is 6.54 Å². The lowest BCUT2D eigenvalue weighted by Gasteiger charge is -2.05. The lowest BCUT2D eigenvalue weighted by Crippen LogP contribution is -2.24. The number of rotatable bonds is 5. The van der Waals surface area contributed by atoms with Gasteiger partial charge in [0.25, 0.3) is 5.69 Å². The summed E-state index contributed by atoms with van der Waals surface area (Å²) in [6, 6.07) is 4.94. The predicted octanol–water partition coefficient (Wildman–Crippen LogP) is 1.44. The maximum atomic E-state index is 11.7. The van der Waals surface area contributed by atoms with Crippen LogP contribution >= 0.6 is 11.6 Å². The first-order chi connectivity index (χ1) is 8.38. The van der Waals surface area contributed by atoms with Crippen molar-refractivity contribution in [3.63, 3.8) is 0 Å². The van der Waals surface area contributed by atoms with E-state index in [1.807, 2.05) is 0 Å². The average Bonchev–Trinajstić information content (AvgIpc) is 2.29. The van der Waals surface area contributed by atoms with Crippen LogP contribution in [0.5, 0.6) is 0 Å². The summed E-state index contributed by atoms with van der Waals surface area (Å²) in [5, 5.41) is 18.8. The highest BCUT2D eigenvalue weighted by atomic mass is 35.5. The monoisotopic (exact) mass is 289 g/mol. The van der Waals surface area contributed by atoms with Gasteiger partial charge in [-0.2, -0.15) is 5.26 Å². The molecule has 0 aromatic heterocycles. The van der Waals surface area contributed by atoms with E-state index in [0.717, 1.165) is 18.2 Å². The van der Waals surface area contributed by atoms with Gasteiger partial charge in [-0.15, -0.1) is 0 Å². The molecule has 9 heteroatoms. The van der Waals surface area contributed by atoms with E-state index in [1.54, 1.807) is 6.07 Å². The molecule has 0 spiro atoms. The molecule has 0 atom stereocenters. The first kappa shape index (κ1) is 14.4. The molecule has 1 rings (SSSR count). The minimum atomic E-state index is -3.87. The van der Waals surface area contributed by atoms with Crippen molar-refractivity contribution in [3.05, 3.63) is 33.3 Å². The number of nitrogens with one attached hydrogen (secondary N) is 1. The van der Waals surface area contributed by atoms with E-state index in [2.05, 4.69) is 4.72 Å². The SMILES string of the molecule is N#CCCNS(=O)(=O)c1ccc(Cl)c([N+](=O)[O-])c1. The highest BCUT2D eigenvalue weighted by Gasteiger charge is 2.20. The third-order valence-corrected chi connectivity index (χ3v) is 3.73. The second-order valence-corrected chi connectivity index (χ2v) is 5.35. The van der Waals surface area contributed by atoms with Gasteiger partial charge in [0.1, 0.15) is 5.02 Å². The highest BCUT2D eigenvalue weighted by Crippen LogP contribution is 2.26. The van der Waals surface area contributed by atoms with E-state index >= 15 is 0 Å². The average molecular weight is 290 g/mol. The third kappa shape index (κ3) is 3.40. The van der Waals surface area contributed by atoms with Gasteiger partial charge >= 0.3 is 0 Å². The fraction of sp³-hybridized carbons (Fsp3) is 0.222. The lowest BCUT2D eigenvalue weighted by atomic mass is 10.3. The minimum Gasteiger partial charge on any atom is -0.258 e. The number of hydrogen-bond donors (Lipinski definition) is 1. The Balaban J connectivity index is 3.07. The van der Waals surface area contributed by atoms with Crippen LogP contribution in [0.1, 0.15) is 6.42 Å². The van der Waals surface area contributed by atoms with E-state index in [4.69, 9.17) is 16.9 Å². The zero-order chi connectivity index (χ0) is 13.8. The van der Waals surface area contributed by atoms with Crippen LogP contribution in [-0.2, 0) is 10.0 Å². The molecule has 0 saturated heterocycles. The van der Waals surface area contributed by atoms with E-state index < -0.39 is 20.6 Å². The van der Waals surface area contributed by atoms with Crippen LogP contribution < -0.4 is 4.72 Å². The van der Waals surface area contributed by atoms with Crippen molar-refractivity contribution in [2.24, 2.45) is 0 Å². The van der Waals surface area contributed by atoms with Gasteiger partial charge in [-0.1, -0.05) is 11.6 Å². The van der Waals surface area contributed by atoms with Gasteiger partial charge in [0.05, 0.1) is 15.9 Å². The molecule has 7 nitrogen and oxygen atoms in total. The quantitative estimate of drug-likeness (QED) is 0.500. The summed E-state index contributed by atoms with van der Waals surface area (Å²) in [5.74, 6) is 0. The number of hydrogen-bond acceptors (Lipinski definition) is 5. The molecule has 0 radical (unpaired) electrons. The summed E-state index contributed by atoms with van der Waals surface area (Å²) < 4.78 is 25.6. The molecule has 18 heavy (non-hydrogen) atoms. The summed E-state index contributed by atoms with van der Waals surface area (Å²) in [6.45, 7) is -0.0603. The lowest BCUT2D eigenvalue weighted by molar-refractivity contribution is -0.384. The second kappa shape index (κ2) is 5.77. The molecule has 1 aromatic rings. The standard InChI is InChI=1S/C9H8ClN3O4S/c10-8-3-2-7(6-9(8)13(14)15)18(16,17)12-5-1-4-11/h2-3,6,12H,1,5H2. The van der Waals surface area contributed by atoms with Crippen molar-refractivity contribution in [1.29, 1.82) is 5.26 Å². The largest absolute Gasteiger partial charge is 0.289 e. The van der Waals surface area contributed by atoms with Crippen molar-refractivity contribution in [2.45, 2.75) is 11.3 Å². The Hall–Kier alpha value is -1.69. The van der Waals surface area contributed by atoms with Crippen molar-refractivity contribution in [1.82, 2.24) is 4.72 Å². The number of nitriles is 1. The Morgan fingerprint density at radius 3 is 2.72 bits per heavy atom. The first-order valence-electron chi connectivity index (χ1n) is 4.69. The normalized spacial score (nSPS) is 10.9. The zero-order valence-corrected chi connectivity index (χ0v) is 10.5. The number of benzene rings is 1. The molecular formula is C9H8ClN3O4S. The maximum absolute atomic E-state index is 11.7. The van der Waals surface area contributed by atoms with Crippen molar-refractivity contribution in [3.8, 4) is 6.07 Å². The number of nitrogens with zero attached hydrogens (tertiary/aromatic N) is 2. The molecule has 0 heterocycles. The van der Waals surface area contributed by atoms with E-state index in [9.17, 15) is 18.5 Å². The highest BCUT2D eigenvalue weighted by molar-refractivity contribution is 7.89. The van der Waals surface area contributed by atoms with Crippen LogP contribution in [-0.4, -0.2) is 19.9 Å². The summed E-state index contributed by atoms with van der Waals surface area (Å²) in [5.41, 5.74) is -0.486. The van der Waals surface area contributed by atoms with Gasteiger partial charge < -0.3 is 0 Å².